The summed E-state index contributed by atoms with van der Waals surface area (Å²) in [5.74, 6) is 1.30. The van der Waals surface area contributed by atoms with Crippen molar-refractivity contribution in [3.63, 3.8) is 0 Å². The van der Waals surface area contributed by atoms with Gasteiger partial charge in [0.2, 0.25) is 0 Å². The minimum absolute atomic E-state index is 0.254. The Kier molecular flexibility index (Phi) is 6.52. The number of aryl methyl sites for hydroxylation is 2. The van der Waals surface area contributed by atoms with Crippen LogP contribution in [0.4, 0.5) is 0 Å². The zero-order valence-corrected chi connectivity index (χ0v) is 21.2. The predicted octanol–water partition coefficient (Wildman–Crippen LogP) is 5.40. The number of aromatic nitrogens is 2. The van der Waals surface area contributed by atoms with E-state index in [4.69, 9.17) is 9.47 Å². The second-order valence-corrected chi connectivity index (χ2v) is 10.5. The van der Waals surface area contributed by atoms with Gasteiger partial charge in [-0.2, -0.15) is 0 Å². The minimum atomic E-state index is -3.74. The fourth-order valence-electron chi connectivity index (χ4n) is 3.71. The van der Waals surface area contributed by atoms with E-state index < -0.39 is 10.0 Å². The first-order valence-electron chi connectivity index (χ1n) is 10.2. The van der Waals surface area contributed by atoms with E-state index in [1.165, 1.54) is 3.97 Å². The van der Waals surface area contributed by atoms with Crippen molar-refractivity contribution in [2.24, 2.45) is 7.05 Å². The van der Waals surface area contributed by atoms with E-state index in [2.05, 4.69) is 22.6 Å². The molecular weight excluding hydrogens is 539 g/mol. The Labute approximate surface area is 202 Å². The summed E-state index contributed by atoms with van der Waals surface area (Å²) < 4.78 is 42.6. The molecule has 2 heterocycles. The Morgan fingerprint density at radius 1 is 1.06 bits per heavy atom. The van der Waals surface area contributed by atoms with Crippen LogP contribution in [-0.4, -0.2) is 35.1 Å². The van der Waals surface area contributed by atoms with Gasteiger partial charge < -0.3 is 14.0 Å². The smallest absolute Gasteiger partial charge is 0.268 e. The van der Waals surface area contributed by atoms with Gasteiger partial charge in [0.25, 0.3) is 10.0 Å². The molecule has 4 rings (SSSR count). The lowest BCUT2D eigenvalue weighted by molar-refractivity contribution is 0.296. The summed E-state index contributed by atoms with van der Waals surface area (Å²) in [4.78, 5) is 0.254. The Morgan fingerprint density at radius 3 is 2.50 bits per heavy atom. The first-order valence-corrected chi connectivity index (χ1v) is 13.2. The van der Waals surface area contributed by atoms with Gasteiger partial charge in [-0.3, -0.25) is 0 Å². The lowest BCUT2D eigenvalue weighted by Gasteiger charge is -2.12. The summed E-state index contributed by atoms with van der Waals surface area (Å²) in [5, 5.41) is 0.893. The Morgan fingerprint density at radius 2 is 1.81 bits per heavy atom. The van der Waals surface area contributed by atoms with Crippen molar-refractivity contribution >= 4 is 43.5 Å². The third-order valence-electron chi connectivity index (χ3n) is 5.38. The summed E-state index contributed by atoms with van der Waals surface area (Å²) >= 11 is 2.33. The maximum absolute atomic E-state index is 13.4. The topological polar surface area (TPSA) is 62.5 Å². The molecule has 32 heavy (non-hydrogen) atoms. The highest BCUT2D eigenvalue weighted by Gasteiger charge is 2.23. The summed E-state index contributed by atoms with van der Waals surface area (Å²) in [6.45, 7) is 2.54. The zero-order chi connectivity index (χ0) is 22.9. The fraction of sp³-hybridized carbons (Fsp3) is 0.250. The van der Waals surface area contributed by atoms with Crippen LogP contribution in [0.1, 0.15) is 12.0 Å². The number of nitrogens with zero attached hydrogens (tertiary/aromatic N) is 2. The van der Waals surface area contributed by atoms with E-state index in [-0.39, 0.29) is 4.90 Å². The molecule has 0 saturated carbocycles. The standard InChI is InChI=1S/C24H25IN2O4S/c1-17-7-9-18(10-8-17)32(28,29)27-12-4-6-21(27)20-16-26(2)22-15-24(31-13-5-11-25)23(30-3)14-19(20)22/h4,6-10,12,14-16H,5,11,13H2,1-3H3. The first kappa shape index (κ1) is 22.7. The molecule has 0 fully saturated rings. The van der Waals surface area contributed by atoms with Crippen molar-refractivity contribution in [1.82, 2.24) is 8.54 Å². The number of alkyl halides is 1. The summed E-state index contributed by atoms with van der Waals surface area (Å²) in [5.41, 5.74) is 3.34. The van der Waals surface area contributed by atoms with Gasteiger partial charge >= 0.3 is 0 Å². The summed E-state index contributed by atoms with van der Waals surface area (Å²) in [6.07, 6.45) is 4.47. The average molecular weight is 564 g/mol. The average Bonchev–Trinajstić information content (AvgIpc) is 3.39. The molecule has 0 unspecified atom stereocenters. The maximum atomic E-state index is 13.4. The van der Waals surface area contributed by atoms with Gasteiger partial charge in [-0.25, -0.2) is 12.4 Å². The van der Waals surface area contributed by atoms with Crippen molar-refractivity contribution in [1.29, 1.82) is 0 Å². The van der Waals surface area contributed by atoms with E-state index in [1.54, 1.807) is 43.6 Å². The zero-order valence-electron chi connectivity index (χ0n) is 18.2. The van der Waals surface area contributed by atoms with Crippen molar-refractivity contribution in [2.75, 3.05) is 18.1 Å². The van der Waals surface area contributed by atoms with Crippen molar-refractivity contribution in [3.05, 3.63) is 66.5 Å². The number of methoxy groups -OCH3 is 1. The second kappa shape index (κ2) is 9.19. The molecule has 8 heteroatoms. The van der Waals surface area contributed by atoms with E-state index in [0.29, 0.717) is 23.8 Å². The highest BCUT2D eigenvalue weighted by Crippen LogP contribution is 2.39. The predicted molar refractivity (Wildman–Crippen MR) is 136 cm³/mol. The first-order chi connectivity index (χ1) is 15.4. The second-order valence-electron chi connectivity index (χ2n) is 7.57. The quantitative estimate of drug-likeness (QED) is 0.163. The third kappa shape index (κ3) is 4.13. The van der Waals surface area contributed by atoms with Gasteiger partial charge in [0.1, 0.15) is 0 Å². The van der Waals surface area contributed by atoms with Gasteiger partial charge in [-0.1, -0.05) is 40.3 Å². The number of ether oxygens (including phenoxy) is 2. The fourth-order valence-corrected chi connectivity index (χ4v) is 5.38. The minimum Gasteiger partial charge on any atom is -0.493 e. The van der Waals surface area contributed by atoms with Crippen LogP contribution in [-0.2, 0) is 17.1 Å². The Balaban J connectivity index is 1.84. The normalized spacial score (nSPS) is 11.8. The molecule has 0 spiro atoms. The van der Waals surface area contributed by atoms with Crippen molar-refractivity contribution in [2.45, 2.75) is 18.2 Å². The molecule has 4 aromatic rings. The molecule has 0 amide bonds. The molecule has 0 saturated heterocycles. The highest BCUT2D eigenvalue weighted by atomic mass is 127. The van der Waals surface area contributed by atoms with Gasteiger partial charge in [0.05, 0.1) is 29.8 Å². The van der Waals surface area contributed by atoms with Crippen LogP contribution in [0.3, 0.4) is 0 Å². The van der Waals surface area contributed by atoms with E-state index in [9.17, 15) is 8.42 Å². The third-order valence-corrected chi connectivity index (χ3v) is 7.84. The molecule has 0 aliphatic carbocycles. The molecule has 0 atom stereocenters. The number of fused-ring (bicyclic) bond motifs is 1. The maximum Gasteiger partial charge on any atom is 0.268 e. The van der Waals surface area contributed by atoms with Crippen LogP contribution in [0.15, 0.2) is 65.8 Å². The Hall–Kier alpha value is -2.46. The van der Waals surface area contributed by atoms with Crippen LogP contribution in [0, 0.1) is 6.92 Å². The van der Waals surface area contributed by atoms with Gasteiger partial charge in [-0.05, 0) is 43.7 Å². The molecule has 0 aliphatic rings. The van der Waals surface area contributed by atoms with E-state index >= 15 is 0 Å². The molecule has 2 aromatic heterocycles. The Bertz CT molecular complexity index is 1350. The molecular formula is C24H25IN2O4S. The number of benzene rings is 2. The van der Waals surface area contributed by atoms with E-state index in [1.807, 2.05) is 42.9 Å². The van der Waals surface area contributed by atoms with Crippen LogP contribution >= 0.6 is 22.6 Å². The molecule has 0 bridgehead atoms. The van der Waals surface area contributed by atoms with Crippen molar-refractivity contribution < 1.29 is 17.9 Å². The summed E-state index contributed by atoms with van der Waals surface area (Å²) in [6, 6.07) is 14.3. The SMILES string of the molecule is COc1cc2c(-c3cccn3S(=O)(=O)c3ccc(C)cc3)cn(C)c2cc1OCCCI. The monoisotopic (exact) mass is 564 g/mol. The number of rotatable bonds is 8. The van der Waals surface area contributed by atoms with E-state index in [0.717, 1.165) is 32.9 Å². The largest absolute Gasteiger partial charge is 0.493 e. The highest BCUT2D eigenvalue weighted by molar-refractivity contribution is 14.1. The van der Waals surface area contributed by atoms with Gasteiger partial charge in [-0.15, -0.1) is 0 Å². The van der Waals surface area contributed by atoms with Crippen molar-refractivity contribution in [3.8, 4) is 22.8 Å². The lowest BCUT2D eigenvalue weighted by atomic mass is 10.1. The molecule has 0 aliphatic heterocycles. The molecule has 2 aromatic carbocycles. The van der Waals surface area contributed by atoms with Crippen LogP contribution in [0.5, 0.6) is 11.5 Å². The molecule has 0 radical (unpaired) electrons. The molecule has 0 N–H and O–H groups in total. The van der Waals surface area contributed by atoms with Gasteiger partial charge in [0, 0.05) is 40.9 Å². The number of halogens is 1. The molecule has 6 nitrogen and oxygen atoms in total. The van der Waals surface area contributed by atoms with Crippen LogP contribution < -0.4 is 9.47 Å². The summed E-state index contributed by atoms with van der Waals surface area (Å²) in [7, 11) is -0.189. The number of hydrogen-bond acceptors (Lipinski definition) is 4. The van der Waals surface area contributed by atoms with Crippen LogP contribution in [0.2, 0.25) is 0 Å². The number of hydrogen-bond donors (Lipinski definition) is 0. The van der Waals surface area contributed by atoms with Gasteiger partial charge in [0.15, 0.2) is 11.5 Å². The lowest BCUT2D eigenvalue weighted by Crippen LogP contribution is -2.13. The molecule has 168 valence electrons. The van der Waals surface area contributed by atoms with Crippen LogP contribution in [0.25, 0.3) is 22.2 Å².